The molecule has 308 valence electrons. The molecule has 1 fully saturated rings. The predicted octanol–water partition coefficient (Wildman–Crippen LogP) is 6.04. The van der Waals surface area contributed by atoms with Crippen molar-refractivity contribution in [2.45, 2.75) is 38.0 Å². The van der Waals surface area contributed by atoms with E-state index < -0.39 is 59.2 Å². The number of aromatic nitrogens is 2. The van der Waals surface area contributed by atoms with Crippen molar-refractivity contribution in [2.24, 2.45) is 11.8 Å². The average molecular weight is 833 g/mol. The highest BCUT2D eigenvalue weighted by atomic mass is 16.6. The summed E-state index contributed by atoms with van der Waals surface area (Å²) in [6.45, 7) is 0.349. The molecule has 13 heteroatoms. The summed E-state index contributed by atoms with van der Waals surface area (Å²) in [4.78, 5) is 91.0. The van der Waals surface area contributed by atoms with Gasteiger partial charge in [-0.1, -0.05) is 97.1 Å². The molecule has 2 aromatic heterocycles. The number of esters is 2. The maximum Gasteiger partial charge on any atom is 0.318 e. The van der Waals surface area contributed by atoms with Gasteiger partial charge in [0.1, 0.15) is 22.8 Å². The Hall–Kier alpha value is -8.06. The number of benzene rings is 5. The zero-order chi connectivity index (χ0) is 42.9. The Morgan fingerprint density at radius 1 is 0.381 bits per heavy atom. The molecular weight excluding hydrogens is 797 g/mol. The molecule has 7 aromatic rings. The molecule has 10 bridgehead atoms. The van der Waals surface area contributed by atoms with Crippen molar-refractivity contribution >= 4 is 67.9 Å². The number of rotatable bonds is 0. The summed E-state index contributed by atoms with van der Waals surface area (Å²) < 4.78 is 5.23. The second kappa shape index (κ2) is 14.8. The fourth-order valence-electron chi connectivity index (χ4n) is 10.2. The van der Waals surface area contributed by atoms with Crippen LogP contribution in [0.3, 0.4) is 0 Å². The molecule has 2 aliphatic heterocycles. The lowest BCUT2D eigenvalue weighted by Crippen LogP contribution is -2.39. The Morgan fingerprint density at radius 3 is 0.984 bits per heavy atom. The van der Waals surface area contributed by atoms with Crippen LogP contribution in [-0.2, 0) is 40.5 Å². The quantitative estimate of drug-likeness (QED) is 0.0613. The minimum atomic E-state index is -0.748. The molecule has 0 radical (unpaired) electrons. The van der Waals surface area contributed by atoms with Gasteiger partial charge < -0.3 is 26.0 Å². The van der Waals surface area contributed by atoms with Crippen molar-refractivity contribution in [1.82, 2.24) is 31.2 Å². The summed E-state index contributed by atoms with van der Waals surface area (Å²) >= 11 is 0. The number of amides is 4. The van der Waals surface area contributed by atoms with Crippen LogP contribution < -0.4 is 21.3 Å². The second-order valence-electron chi connectivity index (χ2n) is 16.2. The molecule has 3 aliphatic carbocycles. The number of nitrogens with zero attached hydrogens (tertiary/aromatic N) is 2. The average Bonchev–Trinajstić information content (AvgIpc) is 3.64. The first-order valence-corrected chi connectivity index (χ1v) is 20.7. The van der Waals surface area contributed by atoms with E-state index in [1.807, 2.05) is 84.9 Å². The van der Waals surface area contributed by atoms with E-state index in [0.717, 1.165) is 65.7 Å². The summed E-state index contributed by atoms with van der Waals surface area (Å²) in [5.74, 6) is -5.73. The van der Waals surface area contributed by atoms with Gasteiger partial charge in [-0.3, -0.25) is 28.8 Å². The lowest BCUT2D eigenvalue weighted by atomic mass is 9.58. The van der Waals surface area contributed by atoms with Crippen molar-refractivity contribution in [2.75, 3.05) is 0 Å². The van der Waals surface area contributed by atoms with Crippen molar-refractivity contribution in [1.29, 1.82) is 0 Å². The molecule has 5 aromatic carbocycles. The zero-order valence-corrected chi connectivity index (χ0v) is 33.4. The third kappa shape index (κ3) is 6.14. The topological polar surface area (TPSA) is 186 Å². The number of cyclic esters (lactones) is 2. The molecule has 5 aliphatic rings. The predicted molar refractivity (Wildman–Crippen MR) is 231 cm³/mol. The summed E-state index contributed by atoms with van der Waals surface area (Å²) in [6.07, 6.45) is 3.86. The highest BCUT2D eigenvalue weighted by Crippen LogP contribution is 2.58. The normalized spacial score (nSPS) is 20.9. The Labute approximate surface area is 358 Å². The number of ether oxygens (including phenoxy) is 1. The van der Waals surface area contributed by atoms with Crippen LogP contribution >= 0.6 is 0 Å². The van der Waals surface area contributed by atoms with Crippen molar-refractivity contribution < 1.29 is 33.5 Å². The number of allylic oxidation sites excluding steroid dienone is 2. The molecule has 0 saturated carbocycles. The highest BCUT2D eigenvalue weighted by molar-refractivity contribution is 6.07. The number of hydrogen-bond acceptors (Lipinski definition) is 9. The highest BCUT2D eigenvalue weighted by Gasteiger charge is 2.58. The molecule has 1 saturated heterocycles. The van der Waals surface area contributed by atoms with E-state index in [1.165, 1.54) is 0 Å². The molecule has 4 amide bonds. The van der Waals surface area contributed by atoms with Crippen LogP contribution in [0.4, 0.5) is 0 Å². The smallest absolute Gasteiger partial charge is 0.318 e. The third-order valence-corrected chi connectivity index (χ3v) is 12.9. The van der Waals surface area contributed by atoms with Crippen LogP contribution in [-0.4, -0.2) is 45.5 Å². The Morgan fingerprint density at radius 2 is 0.667 bits per heavy atom. The monoisotopic (exact) mass is 832 g/mol. The van der Waals surface area contributed by atoms with Gasteiger partial charge >= 0.3 is 11.9 Å². The van der Waals surface area contributed by atoms with Crippen LogP contribution in [0.15, 0.2) is 121 Å². The SMILES string of the molecule is O=C1NCc2c3c(c(c4ccccc24)CNC(=O)c2cccc(n2)C(=O)NCc2c4ccccc4c(c4ccccc24)CNC(=O)c2cccc1n2)[C@@H]1C=C[C@H]3[C@@H]2C(=O)OC(=O)[C@@H]21. The van der Waals surface area contributed by atoms with Gasteiger partial charge in [-0.2, -0.15) is 0 Å². The molecule has 0 spiro atoms. The molecule has 63 heavy (non-hydrogen) atoms. The number of carbonyl (C=O) groups is 6. The summed E-state index contributed by atoms with van der Waals surface area (Å²) in [7, 11) is 0. The molecule has 4 N–H and O–H groups in total. The fourth-order valence-corrected chi connectivity index (χ4v) is 10.2. The molecule has 13 nitrogen and oxygen atoms in total. The number of fused-ring (bicyclic) bond motifs is 10. The largest absolute Gasteiger partial charge is 0.393 e. The van der Waals surface area contributed by atoms with Crippen molar-refractivity contribution in [3.8, 4) is 0 Å². The van der Waals surface area contributed by atoms with E-state index in [0.29, 0.717) is 0 Å². The first-order valence-electron chi connectivity index (χ1n) is 20.7. The summed E-state index contributed by atoms with van der Waals surface area (Å²) in [6, 6.07) is 32.6. The first-order chi connectivity index (χ1) is 30.7. The van der Waals surface area contributed by atoms with Gasteiger partial charge in [-0.15, -0.1) is 0 Å². The zero-order valence-electron chi connectivity index (χ0n) is 33.4. The van der Waals surface area contributed by atoms with Gasteiger partial charge in [0.25, 0.3) is 23.6 Å². The molecule has 0 unspecified atom stereocenters. The second-order valence-corrected chi connectivity index (χ2v) is 16.2. The number of hydrogen-bond donors (Lipinski definition) is 4. The maximum absolute atomic E-state index is 14.0. The van der Waals surface area contributed by atoms with Crippen LogP contribution in [0.1, 0.15) is 87.2 Å². The van der Waals surface area contributed by atoms with Gasteiger partial charge in [-0.25, -0.2) is 9.97 Å². The van der Waals surface area contributed by atoms with Crippen LogP contribution in [0.2, 0.25) is 0 Å². The van der Waals surface area contributed by atoms with E-state index in [-0.39, 0.29) is 49.0 Å². The van der Waals surface area contributed by atoms with Crippen LogP contribution in [0.25, 0.3) is 32.3 Å². The molecular formula is C50H36N6O7. The van der Waals surface area contributed by atoms with Crippen molar-refractivity contribution in [3.05, 3.63) is 178 Å². The first kappa shape index (κ1) is 37.9. The Balaban J connectivity index is 1.03. The maximum atomic E-state index is 14.0. The minimum absolute atomic E-state index is 0.0266. The third-order valence-electron chi connectivity index (χ3n) is 12.9. The van der Waals surface area contributed by atoms with Crippen LogP contribution in [0, 0.1) is 11.8 Å². The van der Waals surface area contributed by atoms with Gasteiger partial charge in [0, 0.05) is 38.0 Å². The van der Waals surface area contributed by atoms with E-state index in [2.05, 4.69) is 31.2 Å². The van der Waals surface area contributed by atoms with E-state index in [1.54, 1.807) is 36.4 Å². The van der Waals surface area contributed by atoms with E-state index in [9.17, 15) is 28.8 Å². The summed E-state index contributed by atoms with van der Waals surface area (Å²) in [5, 5.41) is 17.2. The van der Waals surface area contributed by atoms with Gasteiger partial charge in [0.2, 0.25) is 0 Å². The standard InChI is InChI=1S/C50H36N6O7/c57-45-37-15-7-17-39(55-37)47(59)53-23-35-29-13-5-6-14-30(29)36(42-32-20-19-31(41(35)42)43-44(32)50(62)63-49(43)61)24-54-48(60)40-18-8-16-38(56-40)46(58)52-22-34-26-10-2-1-9-25(26)33(21-51-45)27-11-3-4-12-28(27)34/h1-20,31-32,43-44H,21-24H2,(H,51,57)(H,52,58)(H,53,59)(H,54,60)/t31-,32+,43+,44-. The van der Waals surface area contributed by atoms with Gasteiger partial charge in [0.05, 0.1) is 11.8 Å². The van der Waals surface area contributed by atoms with Crippen molar-refractivity contribution in [3.63, 3.8) is 0 Å². The lowest BCUT2D eigenvalue weighted by Gasteiger charge is -2.42. The van der Waals surface area contributed by atoms with Crippen LogP contribution in [0.5, 0.6) is 0 Å². The Bertz CT molecular complexity index is 2970. The Kier molecular flexibility index (Phi) is 8.93. The molecule has 4 atom stereocenters. The molecule has 12 rings (SSSR count). The van der Waals surface area contributed by atoms with Gasteiger partial charge in [-0.05, 0) is 90.0 Å². The number of nitrogens with one attached hydrogen (secondary N) is 4. The van der Waals surface area contributed by atoms with Gasteiger partial charge in [0.15, 0.2) is 0 Å². The summed E-state index contributed by atoms with van der Waals surface area (Å²) in [5.41, 5.74) is 4.98. The molecule has 4 heterocycles. The number of pyridine rings is 2. The number of carbonyl (C=O) groups excluding carboxylic acids is 6. The fraction of sp³-hybridized carbons (Fsp3) is 0.160. The van der Waals surface area contributed by atoms with E-state index >= 15 is 0 Å². The van der Waals surface area contributed by atoms with E-state index in [4.69, 9.17) is 4.74 Å². The minimum Gasteiger partial charge on any atom is -0.393 e. The lowest BCUT2D eigenvalue weighted by molar-refractivity contribution is -0.153.